The second-order valence-corrected chi connectivity index (χ2v) is 7.85. The van der Waals surface area contributed by atoms with E-state index < -0.39 is 12.0 Å². The molecule has 1 aromatic rings. The standard InChI is InChI=1S/C22H25NO5/c1-13(2)12-19(22(27)28-16-10-8-15(9-11-16)14(3)24)23-20(25)17-6-4-5-7-18(17)21(23)26/h4-5,8-11,13,17-19H,6-7,12H2,1-3H3. The van der Waals surface area contributed by atoms with Gasteiger partial charge in [-0.1, -0.05) is 26.0 Å². The van der Waals surface area contributed by atoms with Crippen LogP contribution in [0, 0.1) is 17.8 Å². The van der Waals surface area contributed by atoms with E-state index in [1.54, 1.807) is 24.3 Å². The molecule has 6 nitrogen and oxygen atoms in total. The normalized spacial score (nSPS) is 22.4. The van der Waals surface area contributed by atoms with E-state index in [1.165, 1.54) is 6.92 Å². The Morgan fingerprint density at radius 2 is 1.57 bits per heavy atom. The maximum atomic E-state index is 12.9. The Labute approximate surface area is 164 Å². The topological polar surface area (TPSA) is 80.8 Å². The highest BCUT2D eigenvalue weighted by molar-refractivity contribution is 6.08. The van der Waals surface area contributed by atoms with E-state index in [0.717, 1.165) is 4.90 Å². The van der Waals surface area contributed by atoms with Crippen LogP contribution < -0.4 is 4.74 Å². The number of carbonyl (C=O) groups is 4. The van der Waals surface area contributed by atoms with Crippen LogP contribution in [0.3, 0.4) is 0 Å². The maximum absolute atomic E-state index is 12.9. The van der Waals surface area contributed by atoms with Crippen LogP contribution in [0.25, 0.3) is 0 Å². The van der Waals surface area contributed by atoms with Gasteiger partial charge in [0.15, 0.2) is 5.78 Å². The molecule has 1 aliphatic heterocycles. The first-order chi connectivity index (χ1) is 13.3. The first kappa shape index (κ1) is 20.0. The monoisotopic (exact) mass is 383 g/mol. The Kier molecular flexibility index (Phi) is 5.77. The Balaban J connectivity index is 1.81. The molecule has 148 valence electrons. The molecular weight excluding hydrogens is 358 g/mol. The van der Waals surface area contributed by atoms with E-state index in [4.69, 9.17) is 4.74 Å². The number of hydrogen-bond donors (Lipinski definition) is 0. The number of hydrogen-bond acceptors (Lipinski definition) is 5. The molecule has 0 radical (unpaired) electrons. The summed E-state index contributed by atoms with van der Waals surface area (Å²) in [4.78, 5) is 51.2. The summed E-state index contributed by atoms with van der Waals surface area (Å²) in [6.45, 7) is 5.32. The molecular formula is C22H25NO5. The fourth-order valence-electron chi connectivity index (χ4n) is 3.83. The summed E-state index contributed by atoms with van der Waals surface area (Å²) in [7, 11) is 0. The fourth-order valence-corrected chi connectivity index (χ4v) is 3.83. The number of ketones is 1. The molecule has 28 heavy (non-hydrogen) atoms. The van der Waals surface area contributed by atoms with Crippen LogP contribution >= 0.6 is 0 Å². The van der Waals surface area contributed by atoms with Gasteiger partial charge in [0.25, 0.3) is 0 Å². The molecule has 0 N–H and O–H groups in total. The molecule has 0 bridgehead atoms. The van der Waals surface area contributed by atoms with Crippen LogP contribution in [0.15, 0.2) is 36.4 Å². The number of Topliss-reactive ketones (excluding diaryl/α,β-unsaturated/α-hetero) is 1. The lowest BCUT2D eigenvalue weighted by Gasteiger charge is -2.26. The highest BCUT2D eigenvalue weighted by Gasteiger charge is 2.51. The molecule has 0 saturated carbocycles. The smallest absolute Gasteiger partial charge is 0.334 e. The van der Waals surface area contributed by atoms with Gasteiger partial charge < -0.3 is 4.74 Å². The summed E-state index contributed by atoms with van der Waals surface area (Å²) in [5.74, 6) is -1.66. The molecule has 1 heterocycles. The molecule has 0 aromatic heterocycles. The van der Waals surface area contributed by atoms with Crippen molar-refractivity contribution in [3.05, 3.63) is 42.0 Å². The van der Waals surface area contributed by atoms with Crippen molar-refractivity contribution >= 4 is 23.6 Å². The van der Waals surface area contributed by atoms with E-state index in [0.29, 0.717) is 24.8 Å². The Bertz CT molecular complexity index is 798. The molecule has 2 amide bonds. The SMILES string of the molecule is CC(=O)c1ccc(OC(=O)C(CC(C)C)N2C(=O)C3CC=CCC3C2=O)cc1. The van der Waals surface area contributed by atoms with Crippen molar-refractivity contribution < 1.29 is 23.9 Å². The number of allylic oxidation sites excluding steroid dienone is 2. The second-order valence-electron chi connectivity index (χ2n) is 7.85. The first-order valence-corrected chi connectivity index (χ1v) is 9.64. The number of rotatable bonds is 6. The van der Waals surface area contributed by atoms with E-state index in [-0.39, 0.29) is 41.1 Å². The van der Waals surface area contributed by atoms with Crippen LogP contribution in [-0.4, -0.2) is 34.5 Å². The van der Waals surface area contributed by atoms with Crippen LogP contribution in [0.2, 0.25) is 0 Å². The van der Waals surface area contributed by atoms with E-state index in [1.807, 2.05) is 26.0 Å². The molecule has 1 fully saturated rings. The van der Waals surface area contributed by atoms with Crippen molar-refractivity contribution in [2.75, 3.05) is 0 Å². The van der Waals surface area contributed by atoms with Crippen molar-refractivity contribution in [1.82, 2.24) is 4.90 Å². The van der Waals surface area contributed by atoms with Gasteiger partial charge in [-0.05, 0) is 56.4 Å². The van der Waals surface area contributed by atoms with Gasteiger partial charge in [0.2, 0.25) is 11.8 Å². The van der Waals surface area contributed by atoms with Gasteiger partial charge in [0.1, 0.15) is 11.8 Å². The average molecular weight is 383 g/mol. The quantitative estimate of drug-likeness (QED) is 0.248. The lowest BCUT2D eigenvalue weighted by atomic mass is 9.85. The van der Waals surface area contributed by atoms with Gasteiger partial charge in [-0.15, -0.1) is 0 Å². The van der Waals surface area contributed by atoms with Crippen LogP contribution in [0.1, 0.15) is 50.4 Å². The number of esters is 1. The number of carbonyl (C=O) groups excluding carboxylic acids is 4. The summed E-state index contributed by atoms with van der Waals surface area (Å²) in [6, 6.07) is 5.29. The van der Waals surface area contributed by atoms with Gasteiger partial charge in [0, 0.05) is 5.56 Å². The molecule has 0 spiro atoms. The summed E-state index contributed by atoms with van der Waals surface area (Å²) in [5.41, 5.74) is 0.514. The van der Waals surface area contributed by atoms with Crippen molar-refractivity contribution in [2.24, 2.45) is 17.8 Å². The third-order valence-electron chi connectivity index (χ3n) is 5.30. The minimum absolute atomic E-state index is 0.0833. The number of nitrogens with zero attached hydrogens (tertiary/aromatic N) is 1. The molecule has 1 aliphatic carbocycles. The summed E-state index contributed by atoms with van der Waals surface area (Å²) in [6.07, 6.45) is 5.24. The van der Waals surface area contributed by atoms with Crippen molar-refractivity contribution in [3.8, 4) is 5.75 Å². The predicted octanol–water partition coefficient (Wildman–Crippen LogP) is 3.16. The van der Waals surface area contributed by atoms with E-state index >= 15 is 0 Å². The summed E-state index contributed by atoms with van der Waals surface area (Å²) >= 11 is 0. The fraction of sp³-hybridized carbons (Fsp3) is 0.455. The van der Waals surface area contributed by atoms with Gasteiger partial charge in [-0.2, -0.15) is 0 Å². The Morgan fingerprint density at radius 1 is 1.04 bits per heavy atom. The number of likely N-dealkylation sites (tertiary alicyclic amines) is 1. The number of ether oxygens (including phenoxy) is 1. The van der Waals surface area contributed by atoms with E-state index in [2.05, 4.69) is 0 Å². The van der Waals surface area contributed by atoms with Gasteiger partial charge in [-0.25, -0.2) is 4.79 Å². The predicted molar refractivity (Wildman–Crippen MR) is 103 cm³/mol. The number of fused-ring (bicyclic) bond motifs is 1. The summed E-state index contributed by atoms with van der Waals surface area (Å²) in [5, 5.41) is 0. The molecule has 2 aliphatic rings. The van der Waals surface area contributed by atoms with Crippen molar-refractivity contribution in [2.45, 2.75) is 46.1 Å². The minimum atomic E-state index is -0.946. The lowest BCUT2D eigenvalue weighted by Crippen LogP contribution is -2.48. The zero-order chi connectivity index (χ0) is 20.4. The molecule has 3 unspecified atom stereocenters. The lowest BCUT2D eigenvalue weighted by molar-refractivity contribution is -0.154. The molecule has 1 aromatic carbocycles. The molecule has 3 atom stereocenters. The van der Waals surface area contributed by atoms with Crippen LogP contribution in [0.5, 0.6) is 5.75 Å². The second kappa shape index (κ2) is 8.09. The molecule has 1 saturated heterocycles. The zero-order valence-corrected chi connectivity index (χ0v) is 16.4. The third kappa shape index (κ3) is 3.91. The number of imide groups is 1. The van der Waals surface area contributed by atoms with Crippen molar-refractivity contribution in [1.29, 1.82) is 0 Å². The largest absolute Gasteiger partial charge is 0.425 e. The third-order valence-corrected chi connectivity index (χ3v) is 5.30. The maximum Gasteiger partial charge on any atom is 0.334 e. The number of benzene rings is 1. The van der Waals surface area contributed by atoms with Crippen LogP contribution in [0.4, 0.5) is 0 Å². The van der Waals surface area contributed by atoms with Gasteiger partial charge in [-0.3, -0.25) is 19.3 Å². The van der Waals surface area contributed by atoms with Gasteiger partial charge >= 0.3 is 5.97 Å². The van der Waals surface area contributed by atoms with Gasteiger partial charge in [0.05, 0.1) is 11.8 Å². The highest BCUT2D eigenvalue weighted by atomic mass is 16.5. The Morgan fingerprint density at radius 3 is 2.04 bits per heavy atom. The first-order valence-electron chi connectivity index (χ1n) is 9.64. The molecule has 6 heteroatoms. The minimum Gasteiger partial charge on any atom is -0.425 e. The van der Waals surface area contributed by atoms with E-state index in [9.17, 15) is 19.2 Å². The summed E-state index contributed by atoms with van der Waals surface area (Å²) < 4.78 is 5.46. The highest BCUT2D eigenvalue weighted by Crippen LogP contribution is 2.37. The molecule has 3 rings (SSSR count). The number of amides is 2. The Hall–Kier alpha value is -2.76. The zero-order valence-electron chi connectivity index (χ0n) is 16.4. The van der Waals surface area contributed by atoms with Crippen LogP contribution in [-0.2, 0) is 14.4 Å². The average Bonchev–Trinajstić information content (AvgIpc) is 2.91. The van der Waals surface area contributed by atoms with Crippen molar-refractivity contribution in [3.63, 3.8) is 0 Å².